The maximum Gasteiger partial charge on any atom is -0.0162 e. The SMILES string of the molecule is CC(c1ccccc1)C(CCc1ccccc1)CCc1ccccc1. The Kier molecular flexibility index (Phi) is 6.45. The van der Waals surface area contributed by atoms with E-state index in [1.807, 2.05) is 0 Å². The maximum atomic E-state index is 2.40. The van der Waals surface area contributed by atoms with E-state index in [4.69, 9.17) is 0 Å². The first-order valence-electron chi connectivity index (χ1n) is 9.46. The predicted octanol–water partition coefficient (Wildman–Crippen LogP) is 6.67. The van der Waals surface area contributed by atoms with Gasteiger partial charge in [0.05, 0.1) is 0 Å². The zero-order valence-corrected chi connectivity index (χ0v) is 15.1. The van der Waals surface area contributed by atoms with Gasteiger partial charge in [0.2, 0.25) is 0 Å². The van der Waals surface area contributed by atoms with Crippen molar-refractivity contribution in [3.8, 4) is 0 Å². The molecule has 1 unspecified atom stereocenters. The molecule has 0 spiro atoms. The topological polar surface area (TPSA) is 0 Å². The van der Waals surface area contributed by atoms with E-state index in [2.05, 4.69) is 97.9 Å². The Labute approximate surface area is 152 Å². The fraction of sp³-hybridized carbons (Fsp3) is 0.280. The second-order valence-corrected chi connectivity index (χ2v) is 7.01. The van der Waals surface area contributed by atoms with Gasteiger partial charge in [-0.1, -0.05) is 97.9 Å². The van der Waals surface area contributed by atoms with Crippen LogP contribution in [0, 0.1) is 5.92 Å². The summed E-state index contributed by atoms with van der Waals surface area (Å²) in [6.45, 7) is 2.40. The molecule has 0 aliphatic rings. The minimum absolute atomic E-state index is 0.591. The van der Waals surface area contributed by atoms with Crippen LogP contribution in [0.5, 0.6) is 0 Å². The van der Waals surface area contributed by atoms with Crippen LogP contribution in [0.2, 0.25) is 0 Å². The molecule has 0 heterocycles. The standard InChI is InChI=1S/C25H28/c1-21(24-15-9-4-10-16-24)25(19-17-22-11-5-2-6-12-22)20-18-23-13-7-3-8-14-23/h2-16,21,25H,17-20H2,1H3. The second-order valence-electron chi connectivity index (χ2n) is 7.01. The lowest BCUT2D eigenvalue weighted by atomic mass is 9.80. The number of rotatable bonds is 8. The van der Waals surface area contributed by atoms with E-state index < -0.39 is 0 Å². The van der Waals surface area contributed by atoms with Gasteiger partial charge in [-0.15, -0.1) is 0 Å². The van der Waals surface area contributed by atoms with E-state index in [1.165, 1.54) is 29.5 Å². The summed E-state index contributed by atoms with van der Waals surface area (Å²) in [4.78, 5) is 0. The molecule has 0 aromatic heterocycles. The summed E-state index contributed by atoms with van der Waals surface area (Å²) in [6.07, 6.45) is 4.81. The van der Waals surface area contributed by atoms with E-state index in [9.17, 15) is 0 Å². The molecule has 0 saturated heterocycles. The van der Waals surface area contributed by atoms with Crippen LogP contribution < -0.4 is 0 Å². The van der Waals surface area contributed by atoms with Gasteiger partial charge >= 0.3 is 0 Å². The Morgan fingerprint density at radius 2 is 0.960 bits per heavy atom. The molecule has 0 N–H and O–H groups in total. The van der Waals surface area contributed by atoms with E-state index >= 15 is 0 Å². The summed E-state index contributed by atoms with van der Waals surface area (Å²) >= 11 is 0. The average molecular weight is 328 g/mol. The highest BCUT2D eigenvalue weighted by atomic mass is 14.2. The van der Waals surface area contributed by atoms with Crippen LogP contribution in [-0.2, 0) is 12.8 Å². The lowest BCUT2D eigenvalue weighted by Crippen LogP contribution is -2.13. The van der Waals surface area contributed by atoms with Gasteiger partial charge in [0.1, 0.15) is 0 Å². The summed E-state index contributed by atoms with van der Waals surface area (Å²) in [7, 11) is 0. The van der Waals surface area contributed by atoms with Crippen molar-refractivity contribution in [3.63, 3.8) is 0 Å². The largest absolute Gasteiger partial charge is 0.0622 e. The Bertz CT molecular complexity index is 672. The van der Waals surface area contributed by atoms with Gasteiger partial charge in [0.15, 0.2) is 0 Å². The molecule has 128 valence electrons. The quantitative estimate of drug-likeness (QED) is 0.433. The van der Waals surface area contributed by atoms with Crippen molar-refractivity contribution in [1.82, 2.24) is 0 Å². The normalized spacial score (nSPS) is 12.2. The molecule has 3 rings (SSSR count). The van der Waals surface area contributed by atoms with Crippen molar-refractivity contribution in [2.45, 2.75) is 38.5 Å². The van der Waals surface area contributed by atoms with Crippen molar-refractivity contribution < 1.29 is 0 Å². The van der Waals surface area contributed by atoms with Crippen molar-refractivity contribution in [3.05, 3.63) is 108 Å². The first-order chi connectivity index (χ1) is 12.3. The predicted molar refractivity (Wildman–Crippen MR) is 108 cm³/mol. The molecule has 0 aliphatic carbocycles. The number of hydrogen-bond donors (Lipinski definition) is 0. The van der Waals surface area contributed by atoms with Gasteiger partial charge in [-0.3, -0.25) is 0 Å². The fourth-order valence-electron chi connectivity index (χ4n) is 3.67. The Morgan fingerprint density at radius 3 is 1.40 bits per heavy atom. The summed E-state index contributed by atoms with van der Waals surface area (Å²) in [5.74, 6) is 1.29. The van der Waals surface area contributed by atoms with Crippen molar-refractivity contribution in [2.75, 3.05) is 0 Å². The van der Waals surface area contributed by atoms with Gasteiger partial charge in [0.25, 0.3) is 0 Å². The maximum absolute atomic E-state index is 2.40. The van der Waals surface area contributed by atoms with E-state index in [0.29, 0.717) is 11.8 Å². The summed E-state index contributed by atoms with van der Waals surface area (Å²) in [5.41, 5.74) is 4.37. The molecular formula is C25H28. The van der Waals surface area contributed by atoms with E-state index in [1.54, 1.807) is 0 Å². The first-order valence-corrected chi connectivity index (χ1v) is 9.46. The molecule has 3 aromatic carbocycles. The molecule has 0 saturated carbocycles. The monoisotopic (exact) mass is 328 g/mol. The second kappa shape index (κ2) is 9.22. The van der Waals surface area contributed by atoms with Crippen LogP contribution in [0.4, 0.5) is 0 Å². The highest BCUT2D eigenvalue weighted by Gasteiger charge is 2.19. The summed E-state index contributed by atoms with van der Waals surface area (Å²) in [5, 5.41) is 0. The Balaban J connectivity index is 1.68. The van der Waals surface area contributed by atoms with Crippen LogP contribution in [0.15, 0.2) is 91.0 Å². The lowest BCUT2D eigenvalue weighted by Gasteiger charge is -2.25. The van der Waals surface area contributed by atoms with Gasteiger partial charge in [-0.2, -0.15) is 0 Å². The zero-order chi connectivity index (χ0) is 17.3. The third-order valence-electron chi connectivity index (χ3n) is 5.33. The third kappa shape index (κ3) is 5.32. The van der Waals surface area contributed by atoms with Crippen molar-refractivity contribution >= 4 is 0 Å². The van der Waals surface area contributed by atoms with Gasteiger partial charge in [0, 0.05) is 0 Å². The third-order valence-corrected chi connectivity index (χ3v) is 5.33. The molecule has 0 amide bonds. The van der Waals surface area contributed by atoms with Crippen LogP contribution >= 0.6 is 0 Å². The first kappa shape index (κ1) is 17.5. The molecule has 0 bridgehead atoms. The average Bonchev–Trinajstić information content (AvgIpc) is 2.70. The van der Waals surface area contributed by atoms with Crippen LogP contribution in [0.1, 0.15) is 42.4 Å². The van der Waals surface area contributed by atoms with E-state index in [0.717, 1.165) is 12.8 Å². The Hall–Kier alpha value is -2.34. The molecule has 1 atom stereocenters. The summed E-state index contributed by atoms with van der Waals surface area (Å²) < 4.78 is 0. The molecule has 0 fully saturated rings. The van der Waals surface area contributed by atoms with E-state index in [-0.39, 0.29) is 0 Å². The Morgan fingerprint density at radius 1 is 0.560 bits per heavy atom. The minimum atomic E-state index is 0.591. The highest BCUT2D eigenvalue weighted by molar-refractivity contribution is 5.21. The van der Waals surface area contributed by atoms with Gasteiger partial charge in [-0.05, 0) is 54.2 Å². The van der Waals surface area contributed by atoms with Crippen LogP contribution in [0.25, 0.3) is 0 Å². The number of hydrogen-bond acceptors (Lipinski definition) is 0. The molecule has 25 heavy (non-hydrogen) atoms. The van der Waals surface area contributed by atoms with Gasteiger partial charge in [-0.25, -0.2) is 0 Å². The van der Waals surface area contributed by atoms with Gasteiger partial charge < -0.3 is 0 Å². The molecule has 0 nitrogen and oxygen atoms in total. The molecule has 0 heteroatoms. The zero-order valence-electron chi connectivity index (χ0n) is 15.1. The highest BCUT2D eigenvalue weighted by Crippen LogP contribution is 2.31. The molecule has 0 radical (unpaired) electrons. The molecular weight excluding hydrogens is 300 g/mol. The minimum Gasteiger partial charge on any atom is -0.0622 e. The summed E-state index contributed by atoms with van der Waals surface area (Å²) in [6, 6.07) is 32.8. The molecule has 0 aliphatic heterocycles. The smallest absolute Gasteiger partial charge is 0.0162 e. The van der Waals surface area contributed by atoms with Crippen molar-refractivity contribution in [2.24, 2.45) is 5.92 Å². The molecule has 3 aromatic rings. The van der Waals surface area contributed by atoms with Crippen LogP contribution in [0.3, 0.4) is 0 Å². The van der Waals surface area contributed by atoms with Crippen molar-refractivity contribution in [1.29, 1.82) is 0 Å². The number of benzene rings is 3. The fourth-order valence-corrected chi connectivity index (χ4v) is 3.67. The lowest BCUT2D eigenvalue weighted by molar-refractivity contribution is 0.387. The number of aryl methyl sites for hydroxylation is 2. The van der Waals surface area contributed by atoms with Crippen LogP contribution in [-0.4, -0.2) is 0 Å².